The molecule has 1 aromatic rings. The van der Waals surface area contributed by atoms with Gasteiger partial charge in [-0.1, -0.05) is 13.8 Å². The van der Waals surface area contributed by atoms with Crippen molar-refractivity contribution in [1.29, 1.82) is 0 Å². The van der Waals surface area contributed by atoms with Crippen molar-refractivity contribution in [3.63, 3.8) is 0 Å². The van der Waals surface area contributed by atoms with E-state index in [0.717, 1.165) is 12.3 Å². The minimum Gasteiger partial charge on any atom is -0.467 e. The molecule has 0 spiro atoms. The molecule has 0 atom stereocenters. The molecule has 0 saturated heterocycles. The third-order valence-electron chi connectivity index (χ3n) is 1.93. The topological polar surface area (TPSA) is 51.5 Å². The zero-order valence-corrected chi connectivity index (χ0v) is 9.37. The summed E-state index contributed by atoms with van der Waals surface area (Å²) in [6, 6.07) is 1.69. The van der Waals surface area contributed by atoms with Crippen LogP contribution in [0.4, 0.5) is 0 Å². The Bertz CT molecular complexity index is 317. The van der Waals surface area contributed by atoms with E-state index >= 15 is 0 Å². The van der Waals surface area contributed by atoms with Gasteiger partial charge in [-0.15, -0.1) is 0 Å². The Morgan fingerprint density at radius 2 is 2.33 bits per heavy atom. The van der Waals surface area contributed by atoms with Crippen molar-refractivity contribution in [2.24, 2.45) is 5.92 Å². The van der Waals surface area contributed by atoms with E-state index < -0.39 is 0 Å². The Morgan fingerprint density at radius 1 is 1.60 bits per heavy atom. The molecule has 0 aliphatic carbocycles. The number of nitrogens with one attached hydrogen (secondary N) is 1. The van der Waals surface area contributed by atoms with Crippen LogP contribution in [0.3, 0.4) is 0 Å². The first kappa shape index (κ1) is 11.8. The second kappa shape index (κ2) is 5.56. The highest BCUT2D eigenvalue weighted by Gasteiger charge is 2.09. The highest BCUT2D eigenvalue weighted by molar-refractivity contribution is 5.88. The molecule has 15 heavy (non-hydrogen) atoms. The summed E-state index contributed by atoms with van der Waals surface area (Å²) in [5.74, 6) is 0.977. The lowest BCUT2D eigenvalue weighted by atomic mass is 10.2. The second-order valence-corrected chi connectivity index (χ2v) is 3.82. The monoisotopic (exact) mass is 211 g/mol. The molecule has 1 heterocycles. The molecule has 0 unspecified atom stereocenters. The van der Waals surface area contributed by atoms with Crippen molar-refractivity contribution in [1.82, 2.24) is 5.32 Å². The molecule has 0 bridgehead atoms. The van der Waals surface area contributed by atoms with Gasteiger partial charge in [0.05, 0.1) is 19.2 Å². The molecule has 0 fully saturated rings. The first-order valence-corrected chi connectivity index (χ1v) is 5.00. The van der Waals surface area contributed by atoms with Gasteiger partial charge in [-0.05, 0) is 18.5 Å². The minimum atomic E-state index is -0.367. The van der Waals surface area contributed by atoms with E-state index in [-0.39, 0.29) is 5.97 Å². The smallest absolute Gasteiger partial charge is 0.341 e. The Kier molecular flexibility index (Phi) is 4.37. The van der Waals surface area contributed by atoms with Crippen LogP contribution in [0, 0.1) is 5.92 Å². The van der Waals surface area contributed by atoms with Gasteiger partial charge in [0, 0.05) is 0 Å². The molecule has 1 rings (SSSR count). The number of hydrogen-bond donors (Lipinski definition) is 1. The maximum atomic E-state index is 11.1. The highest BCUT2D eigenvalue weighted by atomic mass is 16.5. The molecule has 4 nitrogen and oxygen atoms in total. The summed E-state index contributed by atoms with van der Waals surface area (Å²) >= 11 is 0. The van der Waals surface area contributed by atoms with Crippen LogP contribution in [0.5, 0.6) is 0 Å². The van der Waals surface area contributed by atoms with Crippen molar-refractivity contribution >= 4 is 5.97 Å². The van der Waals surface area contributed by atoms with Gasteiger partial charge in [0.25, 0.3) is 0 Å². The third kappa shape index (κ3) is 3.75. The summed E-state index contributed by atoms with van der Waals surface area (Å²) in [5, 5.41) is 3.23. The number of furan rings is 1. The fraction of sp³-hybridized carbons (Fsp3) is 0.545. The largest absolute Gasteiger partial charge is 0.467 e. The third-order valence-corrected chi connectivity index (χ3v) is 1.93. The van der Waals surface area contributed by atoms with E-state index in [9.17, 15) is 4.79 Å². The van der Waals surface area contributed by atoms with Crippen LogP contribution in [0.25, 0.3) is 0 Å². The van der Waals surface area contributed by atoms with Crippen LogP contribution < -0.4 is 5.32 Å². The predicted octanol–water partition coefficient (Wildman–Crippen LogP) is 1.81. The van der Waals surface area contributed by atoms with Gasteiger partial charge in [-0.3, -0.25) is 0 Å². The maximum Gasteiger partial charge on any atom is 0.341 e. The Labute approximate surface area is 89.6 Å². The molecule has 0 saturated carbocycles. The van der Waals surface area contributed by atoms with E-state index in [1.807, 2.05) is 0 Å². The van der Waals surface area contributed by atoms with Crippen molar-refractivity contribution in [2.45, 2.75) is 20.4 Å². The van der Waals surface area contributed by atoms with Crippen molar-refractivity contribution in [3.05, 3.63) is 23.7 Å². The molecule has 1 aromatic heterocycles. The fourth-order valence-corrected chi connectivity index (χ4v) is 1.18. The molecule has 1 N–H and O–H groups in total. The number of esters is 1. The van der Waals surface area contributed by atoms with Gasteiger partial charge < -0.3 is 14.5 Å². The van der Waals surface area contributed by atoms with Crippen LogP contribution in [0.15, 0.2) is 16.7 Å². The van der Waals surface area contributed by atoms with Gasteiger partial charge >= 0.3 is 5.97 Å². The molecule has 0 amide bonds. The lowest BCUT2D eigenvalue weighted by molar-refractivity contribution is 0.0600. The molecular formula is C11H17NO3. The standard InChI is InChI=1S/C11H17NO3/c1-8(2)5-12-6-10-4-9(7-15-10)11(13)14-3/h4,7-8,12H,5-6H2,1-3H3. The lowest BCUT2D eigenvalue weighted by Gasteiger charge is -2.04. The van der Waals surface area contributed by atoms with Gasteiger partial charge in [0.15, 0.2) is 0 Å². The molecule has 4 heteroatoms. The molecule has 0 aliphatic heterocycles. The predicted molar refractivity (Wildman–Crippen MR) is 56.6 cm³/mol. The van der Waals surface area contributed by atoms with E-state index in [1.165, 1.54) is 13.4 Å². The van der Waals surface area contributed by atoms with E-state index in [1.54, 1.807) is 6.07 Å². The van der Waals surface area contributed by atoms with Crippen molar-refractivity contribution in [2.75, 3.05) is 13.7 Å². The van der Waals surface area contributed by atoms with Crippen molar-refractivity contribution in [3.8, 4) is 0 Å². The van der Waals surface area contributed by atoms with E-state index in [2.05, 4.69) is 23.9 Å². The first-order valence-electron chi connectivity index (χ1n) is 5.00. The Balaban J connectivity index is 2.43. The van der Waals surface area contributed by atoms with Crippen LogP contribution in [-0.2, 0) is 11.3 Å². The van der Waals surface area contributed by atoms with E-state index in [4.69, 9.17) is 4.42 Å². The number of ether oxygens (including phenoxy) is 1. The summed E-state index contributed by atoms with van der Waals surface area (Å²) in [5.41, 5.74) is 0.457. The summed E-state index contributed by atoms with van der Waals surface area (Å²) in [4.78, 5) is 11.1. The van der Waals surface area contributed by atoms with Crippen LogP contribution >= 0.6 is 0 Å². The quantitative estimate of drug-likeness (QED) is 0.755. The number of hydrogen-bond acceptors (Lipinski definition) is 4. The molecule has 84 valence electrons. The van der Waals surface area contributed by atoms with Gasteiger partial charge in [0.2, 0.25) is 0 Å². The average Bonchev–Trinajstić information content (AvgIpc) is 2.65. The lowest BCUT2D eigenvalue weighted by Crippen LogP contribution is -2.18. The van der Waals surface area contributed by atoms with Gasteiger partial charge in [0.1, 0.15) is 12.0 Å². The zero-order valence-electron chi connectivity index (χ0n) is 9.37. The Hall–Kier alpha value is -1.29. The summed E-state index contributed by atoms with van der Waals surface area (Å²) in [6.07, 6.45) is 1.41. The summed E-state index contributed by atoms with van der Waals surface area (Å²) < 4.78 is 9.78. The van der Waals surface area contributed by atoms with Gasteiger partial charge in [-0.25, -0.2) is 4.79 Å². The molecular weight excluding hydrogens is 194 g/mol. The SMILES string of the molecule is COC(=O)c1coc(CNCC(C)C)c1. The van der Waals surface area contributed by atoms with Crippen LogP contribution in [0.2, 0.25) is 0 Å². The molecule has 0 aromatic carbocycles. The van der Waals surface area contributed by atoms with Crippen LogP contribution in [0.1, 0.15) is 30.0 Å². The van der Waals surface area contributed by atoms with Crippen LogP contribution in [-0.4, -0.2) is 19.6 Å². The highest BCUT2D eigenvalue weighted by Crippen LogP contribution is 2.08. The normalized spacial score (nSPS) is 10.7. The fourth-order valence-electron chi connectivity index (χ4n) is 1.18. The average molecular weight is 211 g/mol. The molecule has 0 aliphatic rings. The first-order chi connectivity index (χ1) is 7.13. The maximum absolute atomic E-state index is 11.1. The number of methoxy groups -OCH3 is 1. The number of carbonyl (C=O) groups excluding carboxylic acids is 1. The molecule has 0 radical (unpaired) electrons. The summed E-state index contributed by atoms with van der Waals surface area (Å²) in [7, 11) is 1.35. The second-order valence-electron chi connectivity index (χ2n) is 3.82. The number of carbonyl (C=O) groups is 1. The minimum absolute atomic E-state index is 0.367. The zero-order chi connectivity index (χ0) is 11.3. The van der Waals surface area contributed by atoms with Crippen molar-refractivity contribution < 1.29 is 13.9 Å². The Morgan fingerprint density at radius 3 is 2.93 bits per heavy atom. The van der Waals surface area contributed by atoms with E-state index in [0.29, 0.717) is 18.0 Å². The number of rotatable bonds is 5. The van der Waals surface area contributed by atoms with Gasteiger partial charge in [-0.2, -0.15) is 0 Å². The summed E-state index contributed by atoms with van der Waals surface area (Å²) in [6.45, 7) is 5.83.